The van der Waals surface area contributed by atoms with Crippen molar-refractivity contribution in [3.8, 4) is 0 Å². The predicted molar refractivity (Wildman–Crippen MR) is 143 cm³/mol. The van der Waals surface area contributed by atoms with Crippen LogP contribution in [0.3, 0.4) is 0 Å². The fraction of sp³-hybridized carbons (Fsp3) is 0.222. The van der Waals surface area contributed by atoms with Crippen LogP contribution in [0, 0.1) is 6.92 Å². The molecule has 0 fully saturated rings. The number of nitrogens with zero attached hydrogens (tertiary/aromatic N) is 2. The number of para-hydroxylation sites is 1. The molecule has 10 heteroatoms. The topological polar surface area (TPSA) is 119 Å². The molecule has 1 amide bonds. The van der Waals surface area contributed by atoms with E-state index in [1.54, 1.807) is 30.3 Å². The molecule has 1 heterocycles. The molecule has 0 radical (unpaired) electrons. The molecule has 4 aromatic rings. The summed E-state index contributed by atoms with van der Waals surface area (Å²) in [6.07, 6.45) is 0.688. The van der Waals surface area contributed by atoms with Gasteiger partial charge < -0.3 is 5.32 Å². The number of benzene rings is 3. The number of nitrogens with one attached hydrogen (secondary N) is 2. The summed E-state index contributed by atoms with van der Waals surface area (Å²) in [4.78, 5) is 38.2. The standard InChI is InChI=1S/C27H28N4O5S/c1-5-18-13-9-10-17(2)23(18)28-25(32)24(19-11-7-6-8-12-19)29-37(35,36)20-14-15-22-21(16-20)26(33)31(4)27(34)30(22)3/h6-16,24,29H,5H2,1-4H3,(H,28,32)/t24-/m1/s1. The van der Waals surface area contributed by atoms with Crippen LogP contribution in [0.4, 0.5) is 5.69 Å². The molecule has 9 nitrogen and oxygen atoms in total. The summed E-state index contributed by atoms with van der Waals surface area (Å²) in [5.74, 6) is -0.544. The molecule has 1 atom stereocenters. The lowest BCUT2D eigenvalue weighted by Gasteiger charge is -2.21. The number of hydrogen-bond acceptors (Lipinski definition) is 5. The molecule has 0 aliphatic heterocycles. The lowest BCUT2D eigenvalue weighted by atomic mass is 10.0. The van der Waals surface area contributed by atoms with Crippen LogP contribution in [-0.4, -0.2) is 23.5 Å². The largest absolute Gasteiger partial charge is 0.330 e. The molecule has 3 aromatic carbocycles. The molecule has 1 aromatic heterocycles. The molecule has 0 spiro atoms. The summed E-state index contributed by atoms with van der Waals surface area (Å²) in [5.41, 5.74) is 2.06. The van der Waals surface area contributed by atoms with Crippen LogP contribution < -0.4 is 21.3 Å². The average molecular weight is 521 g/mol. The third kappa shape index (κ3) is 4.98. The maximum absolute atomic E-state index is 13.5. The van der Waals surface area contributed by atoms with Gasteiger partial charge in [-0.1, -0.05) is 55.5 Å². The Balaban J connectivity index is 1.76. The minimum absolute atomic E-state index is 0.0701. The van der Waals surface area contributed by atoms with Crippen LogP contribution in [0.5, 0.6) is 0 Å². The summed E-state index contributed by atoms with van der Waals surface area (Å²) in [5, 5.41) is 2.98. The molecule has 192 valence electrons. The van der Waals surface area contributed by atoms with E-state index in [9.17, 15) is 22.8 Å². The Morgan fingerprint density at radius 1 is 0.946 bits per heavy atom. The average Bonchev–Trinajstić information content (AvgIpc) is 2.90. The van der Waals surface area contributed by atoms with Crippen molar-refractivity contribution in [1.82, 2.24) is 13.9 Å². The molecule has 0 bridgehead atoms. The van der Waals surface area contributed by atoms with E-state index in [1.807, 2.05) is 32.0 Å². The Labute approximate surface area is 214 Å². The molecular formula is C27H28N4O5S. The molecular weight excluding hydrogens is 492 g/mol. The third-order valence-corrected chi connectivity index (χ3v) is 7.83. The highest BCUT2D eigenvalue weighted by Gasteiger charge is 2.28. The van der Waals surface area contributed by atoms with Gasteiger partial charge in [0.05, 0.1) is 15.8 Å². The van der Waals surface area contributed by atoms with Crippen molar-refractivity contribution in [1.29, 1.82) is 0 Å². The van der Waals surface area contributed by atoms with Gasteiger partial charge in [0.15, 0.2) is 0 Å². The lowest BCUT2D eigenvalue weighted by Crippen LogP contribution is -2.38. The quantitative estimate of drug-likeness (QED) is 0.388. The van der Waals surface area contributed by atoms with Gasteiger partial charge in [0.2, 0.25) is 15.9 Å². The van der Waals surface area contributed by atoms with Gasteiger partial charge in [-0.15, -0.1) is 0 Å². The normalized spacial score (nSPS) is 12.4. The first-order valence-electron chi connectivity index (χ1n) is 11.7. The lowest BCUT2D eigenvalue weighted by molar-refractivity contribution is -0.117. The van der Waals surface area contributed by atoms with Crippen molar-refractivity contribution in [3.63, 3.8) is 0 Å². The molecule has 0 aliphatic carbocycles. The van der Waals surface area contributed by atoms with E-state index in [2.05, 4.69) is 10.0 Å². The number of hydrogen-bond donors (Lipinski definition) is 2. The second-order valence-electron chi connectivity index (χ2n) is 8.80. The summed E-state index contributed by atoms with van der Waals surface area (Å²) in [6, 6.07) is 16.9. The highest BCUT2D eigenvalue weighted by atomic mass is 32.2. The van der Waals surface area contributed by atoms with Gasteiger partial charge in [-0.2, -0.15) is 4.72 Å². The number of carbonyl (C=O) groups is 1. The number of rotatable bonds is 7. The van der Waals surface area contributed by atoms with Crippen molar-refractivity contribution in [2.75, 3.05) is 5.32 Å². The Bertz CT molecular complexity index is 1720. The van der Waals surface area contributed by atoms with Gasteiger partial charge in [-0.3, -0.25) is 18.7 Å². The Morgan fingerprint density at radius 3 is 2.32 bits per heavy atom. The van der Waals surface area contributed by atoms with E-state index in [0.717, 1.165) is 15.7 Å². The number of carbonyl (C=O) groups excluding carboxylic acids is 1. The zero-order valence-electron chi connectivity index (χ0n) is 21.0. The molecule has 0 saturated heterocycles. The van der Waals surface area contributed by atoms with E-state index in [-0.39, 0.29) is 10.3 Å². The van der Waals surface area contributed by atoms with Gasteiger partial charge >= 0.3 is 5.69 Å². The number of aryl methyl sites for hydroxylation is 3. The summed E-state index contributed by atoms with van der Waals surface area (Å²) in [7, 11) is -1.43. The summed E-state index contributed by atoms with van der Waals surface area (Å²) >= 11 is 0. The molecule has 4 rings (SSSR count). The summed E-state index contributed by atoms with van der Waals surface area (Å²) in [6.45, 7) is 3.85. The zero-order chi connectivity index (χ0) is 26.9. The number of fused-ring (bicyclic) bond motifs is 1. The summed E-state index contributed by atoms with van der Waals surface area (Å²) < 4.78 is 31.7. The second-order valence-corrected chi connectivity index (χ2v) is 10.5. The first-order valence-corrected chi connectivity index (χ1v) is 13.2. The first-order chi connectivity index (χ1) is 17.5. The van der Waals surface area contributed by atoms with Crippen molar-refractivity contribution in [2.24, 2.45) is 14.1 Å². The van der Waals surface area contributed by atoms with Crippen LogP contribution in [0.25, 0.3) is 10.9 Å². The fourth-order valence-electron chi connectivity index (χ4n) is 4.28. The van der Waals surface area contributed by atoms with Gasteiger partial charge in [0.25, 0.3) is 5.56 Å². The smallest absolute Gasteiger partial charge is 0.324 e. The Morgan fingerprint density at radius 2 is 1.65 bits per heavy atom. The number of aromatic nitrogens is 2. The minimum atomic E-state index is -4.26. The Kier molecular flexibility index (Phi) is 7.15. The highest BCUT2D eigenvalue weighted by Crippen LogP contribution is 2.25. The van der Waals surface area contributed by atoms with E-state index < -0.39 is 33.2 Å². The van der Waals surface area contributed by atoms with Crippen LogP contribution in [0.2, 0.25) is 0 Å². The van der Waals surface area contributed by atoms with Crippen molar-refractivity contribution < 1.29 is 13.2 Å². The van der Waals surface area contributed by atoms with Gasteiger partial charge in [0.1, 0.15) is 6.04 Å². The van der Waals surface area contributed by atoms with Gasteiger partial charge in [-0.25, -0.2) is 13.2 Å². The minimum Gasteiger partial charge on any atom is -0.324 e. The highest BCUT2D eigenvalue weighted by molar-refractivity contribution is 7.89. The van der Waals surface area contributed by atoms with Gasteiger partial charge in [0, 0.05) is 19.8 Å². The molecule has 2 N–H and O–H groups in total. The van der Waals surface area contributed by atoms with E-state index in [4.69, 9.17) is 0 Å². The van der Waals surface area contributed by atoms with Crippen LogP contribution in [0.15, 0.2) is 81.2 Å². The maximum Gasteiger partial charge on any atom is 0.330 e. The molecule has 37 heavy (non-hydrogen) atoms. The fourth-order valence-corrected chi connectivity index (χ4v) is 5.49. The van der Waals surface area contributed by atoms with E-state index in [0.29, 0.717) is 23.2 Å². The Hall–Kier alpha value is -4.02. The number of anilines is 1. The SMILES string of the molecule is CCc1cccc(C)c1NC(=O)[C@H](NS(=O)(=O)c1ccc2c(c1)c(=O)n(C)c(=O)n2C)c1ccccc1. The number of sulfonamides is 1. The third-order valence-electron chi connectivity index (χ3n) is 6.40. The van der Waals surface area contributed by atoms with Crippen LogP contribution >= 0.6 is 0 Å². The number of amides is 1. The van der Waals surface area contributed by atoms with E-state index in [1.165, 1.54) is 36.9 Å². The van der Waals surface area contributed by atoms with Crippen molar-refractivity contribution >= 4 is 32.5 Å². The molecule has 0 aliphatic rings. The maximum atomic E-state index is 13.5. The first kappa shape index (κ1) is 26.1. The van der Waals surface area contributed by atoms with Crippen molar-refractivity contribution in [2.45, 2.75) is 31.2 Å². The van der Waals surface area contributed by atoms with Gasteiger partial charge in [-0.05, 0) is 48.2 Å². The zero-order valence-corrected chi connectivity index (χ0v) is 21.8. The van der Waals surface area contributed by atoms with E-state index >= 15 is 0 Å². The van der Waals surface area contributed by atoms with Crippen molar-refractivity contribution in [3.05, 3.63) is 104 Å². The molecule has 0 unspecified atom stereocenters. The predicted octanol–water partition coefficient (Wildman–Crippen LogP) is 2.77. The van der Waals surface area contributed by atoms with Crippen LogP contribution in [0.1, 0.15) is 29.7 Å². The van der Waals surface area contributed by atoms with Crippen LogP contribution in [-0.2, 0) is 35.3 Å². The second kappa shape index (κ2) is 10.2. The molecule has 0 saturated carbocycles. The monoisotopic (exact) mass is 520 g/mol.